The van der Waals surface area contributed by atoms with Crippen molar-refractivity contribution in [3.05, 3.63) is 0 Å². The molecular weight excluding hydrogens is 196 g/mol. The molecule has 1 rings (SSSR count). The highest BCUT2D eigenvalue weighted by Crippen LogP contribution is 2.06. The molecule has 0 aromatic heterocycles. The molecule has 1 heterocycles. The number of hydrogen-bond acceptors (Lipinski definition) is 3. The molecule has 3 N–H and O–H groups in total. The highest BCUT2D eigenvalue weighted by atomic mass is 16.3. The van der Waals surface area contributed by atoms with Gasteiger partial charge in [0.15, 0.2) is 0 Å². The largest absolute Gasteiger partial charge is 0.396 e. The first kappa shape index (κ1) is 12.0. The van der Waals surface area contributed by atoms with E-state index in [2.05, 4.69) is 10.6 Å². The summed E-state index contributed by atoms with van der Waals surface area (Å²) in [5.74, 6) is 0.0836. The van der Waals surface area contributed by atoms with Crippen molar-refractivity contribution in [2.75, 3.05) is 13.2 Å². The van der Waals surface area contributed by atoms with Gasteiger partial charge in [0.1, 0.15) is 6.04 Å². The molecule has 1 saturated heterocycles. The molecule has 0 aliphatic carbocycles. The first-order valence-corrected chi connectivity index (χ1v) is 5.31. The van der Waals surface area contributed by atoms with Gasteiger partial charge < -0.3 is 15.7 Å². The molecule has 2 atom stereocenters. The zero-order valence-electron chi connectivity index (χ0n) is 8.95. The van der Waals surface area contributed by atoms with E-state index in [9.17, 15) is 9.59 Å². The third-order valence-electron chi connectivity index (χ3n) is 2.56. The van der Waals surface area contributed by atoms with Crippen molar-refractivity contribution in [3.8, 4) is 0 Å². The zero-order chi connectivity index (χ0) is 11.3. The maximum Gasteiger partial charge on any atom is 0.242 e. The molecular formula is C10H18N2O3. The lowest BCUT2D eigenvalue weighted by molar-refractivity contribution is -0.125. The summed E-state index contributed by atoms with van der Waals surface area (Å²) in [6, 6.07) is -0.362. The number of carbonyl (C=O) groups excluding carboxylic acids is 2. The Balaban J connectivity index is 2.21. The number of nitrogens with one attached hydrogen (secondary N) is 2. The van der Waals surface area contributed by atoms with Gasteiger partial charge in [-0.2, -0.15) is 0 Å². The number of aliphatic hydroxyl groups excluding tert-OH is 1. The van der Waals surface area contributed by atoms with E-state index in [1.54, 1.807) is 0 Å². The first-order valence-electron chi connectivity index (χ1n) is 5.31. The standard InChI is InChI=1S/C10H18N2O3/c1-7(4-5-13)6-11-10(15)8-2-3-9(14)12-8/h7-8,13H,2-6H2,1H3,(H,11,15)(H,12,14)/t7?,8-/m0/s1. The lowest BCUT2D eigenvalue weighted by Gasteiger charge is -2.14. The van der Waals surface area contributed by atoms with Crippen molar-refractivity contribution in [1.29, 1.82) is 0 Å². The summed E-state index contributed by atoms with van der Waals surface area (Å²) in [5.41, 5.74) is 0. The number of amides is 2. The average Bonchev–Trinajstić information content (AvgIpc) is 2.62. The van der Waals surface area contributed by atoms with Gasteiger partial charge >= 0.3 is 0 Å². The van der Waals surface area contributed by atoms with Gasteiger partial charge in [-0.3, -0.25) is 9.59 Å². The Bertz CT molecular complexity index is 243. The minimum atomic E-state index is -0.362. The van der Waals surface area contributed by atoms with Crippen LogP contribution >= 0.6 is 0 Å². The van der Waals surface area contributed by atoms with E-state index in [0.717, 1.165) is 0 Å². The fourth-order valence-corrected chi connectivity index (χ4v) is 1.53. The molecule has 1 fully saturated rings. The van der Waals surface area contributed by atoms with Crippen molar-refractivity contribution in [2.24, 2.45) is 5.92 Å². The molecule has 0 aromatic carbocycles. The predicted molar refractivity (Wildman–Crippen MR) is 55.0 cm³/mol. The third-order valence-corrected chi connectivity index (χ3v) is 2.56. The summed E-state index contributed by atoms with van der Waals surface area (Å²) in [6.07, 6.45) is 1.70. The van der Waals surface area contributed by atoms with Crippen molar-refractivity contribution in [1.82, 2.24) is 10.6 Å². The molecule has 1 aliphatic rings. The molecule has 1 unspecified atom stereocenters. The number of hydrogen-bond donors (Lipinski definition) is 3. The molecule has 15 heavy (non-hydrogen) atoms. The Hall–Kier alpha value is -1.10. The van der Waals surface area contributed by atoms with E-state index in [1.807, 2.05) is 6.92 Å². The quantitative estimate of drug-likeness (QED) is 0.572. The lowest BCUT2D eigenvalue weighted by atomic mass is 10.1. The van der Waals surface area contributed by atoms with Gasteiger partial charge in [-0.05, 0) is 18.8 Å². The van der Waals surface area contributed by atoms with Crippen LogP contribution in [-0.4, -0.2) is 36.1 Å². The van der Waals surface area contributed by atoms with Crippen LogP contribution in [0, 0.1) is 5.92 Å². The van der Waals surface area contributed by atoms with Crippen LogP contribution in [-0.2, 0) is 9.59 Å². The fourth-order valence-electron chi connectivity index (χ4n) is 1.53. The Labute approximate surface area is 89.2 Å². The molecule has 0 spiro atoms. The van der Waals surface area contributed by atoms with E-state index >= 15 is 0 Å². The average molecular weight is 214 g/mol. The van der Waals surface area contributed by atoms with Crippen LogP contribution in [0.25, 0.3) is 0 Å². The maximum atomic E-state index is 11.5. The lowest BCUT2D eigenvalue weighted by Crippen LogP contribution is -2.43. The smallest absolute Gasteiger partial charge is 0.242 e. The van der Waals surface area contributed by atoms with Crippen molar-refractivity contribution in [3.63, 3.8) is 0 Å². The molecule has 0 saturated carbocycles. The van der Waals surface area contributed by atoms with Crippen molar-refractivity contribution >= 4 is 11.8 Å². The van der Waals surface area contributed by atoms with Crippen LogP contribution in [0.1, 0.15) is 26.2 Å². The summed E-state index contributed by atoms with van der Waals surface area (Å²) >= 11 is 0. The van der Waals surface area contributed by atoms with E-state index in [4.69, 9.17) is 5.11 Å². The van der Waals surface area contributed by atoms with Gasteiger partial charge in [-0.1, -0.05) is 6.92 Å². The first-order chi connectivity index (χ1) is 7.13. The van der Waals surface area contributed by atoms with Gasteiger partial charge in [0, 0.05) is 19.6 Å². The Kier molecular flexibility index (Phi) is 4.55. The topological polar surface area (TPSA) is 78.4 Å². The van der Waals surface area contributed by atoms with Crippen molar-refractivity contribution in [2.45, 2.75) is 32.2 Å². The summed E-state index contributed by atoms with van der Waals surface area (Å²) < 4.78 is 0. The van der Waals surface area contributed by atoms with Gasteiger partial charge in [-0.25, -0.2) is 0 Å². The van der Waals surface area contributed by atoms with E-state index < -0.39 is 0 Å². The predicted octanol–water partition coefficient (Wildman–Crippen LogP) is -0.600. The number of carbonyl (C=O) groups is 2. The molecule has 86 valence electrons. The van der Waals surface area contributed by atoms with Gasteiger partial charge in [-0.15, -0.1) is 0 Å². The Morgan fingerprint density at radius 3 is 3.00 bits per heavy atom. The van der Waals surface area contributed by atoms with Gasteiger partial charge in [0.05, 0.1) is 0 Å². The SMILES string of the molecule is CC(CCO)CNC(=O)[C@@H]1CCC(=O)N1. The summed E-state index contributed by atoms with van der Waals surface area (Å²) in [7, 11) is 0. The van der Waals surface area contributed by atoms with Crippen LogP contribution in [0.4, 0.5) is 0 Å². The molecule has 0 radical (unpaired) electrons. The summed E-state index contributed by atoms with van der Waals surface area (Å²) in [5, 5.41) is 14.1. The maximum absolute atomic E-state index is 11.5. The normalized spacial score (nSPS) is 22.3. The number of rotatable bonds is 5. The summed E-state index contributed by atoms with van der Waals surface area (Å²) in [4.78, 5) is 22.4. The monoisotopic (exact) mass is 214 g/mol. The second-order valence-corrected chi connectivity index (χ2v) is 4.02. The third kappa shape index (κ3) is 3.87. The molecule has 5 nitrogen and oxygen atoms in total. The zero-order valence-corrected chi connectivity index (χ0v) is 8.95. The van der Waals surface area contributed by atoms with Crippen LogP contribution in [0.3, 0.4) is 0 Å². The Morgan fingerprint density at radius 2 is 2.47 bits per heavy atom. The van der Waals surface area contributed by atoms with Crippen molar-refractivity contribution < 1.29 is 14.7 Å². The molecule has 0 bridgehead atoms. The fraction of sp³-hybridized carbons (Fsp3) is 0.800. The minimum Gasteiger partial charge on any atom is -0.396 e. The van der Waals surface area contributed by atoms with E-state index in [-0.39, 0.29) is 30.4 Å². The Morgan fingerprint density at radius 1 is 1.73 bits per heavy atom. The molecule has 2 amide bonds. The second-order valence-electron chi connectivity index (χ2n) is 4.02. The van der Waals surface area contributed by atoms with E-state index in [0.29, 0.717) is 25.8 Å². The van der Waals surface area contributed by atoms with Gasteiger partial charge in [0.2, 0.25) is 11.8 Å². The molecule has 5 heteroatoms. The molecule has 1 aliphatic heterocycles. The van der Waals surface area contributed by atoms with Gasteiger partial charge in [0.25, 0.3) is 0 Å². The van der Waals surface area contributed by atoms with Crippen LogP contribution < -0.4 is 10.6 Å². The minimum absolute atomic E-state index is 0.0569. The second kappa shape index (κ2) is 5.70. The highest BCUT2D eigenvalue weighted by molar-refractivity contribution is 5.90. The van der Waals surface area contributed by atoms with E-state index in [1.165, 1.54) is 0 Å². The highest BCUT2D eigenvalue weighted by Gasteiger charge is 2.26. The van der Waals surface area contributed by atoms with Crippen LogP contribution in [0.2, 0.25) is 0 Å². The van der Waals surface area contributed by atoms with Crippen LogP contribution in [0.5, 0.6) is 0 Å². The number of aliphatic hydroxyl groups is 1. The molecule has 0 aromatic rings. The summed E-state index contributed by atoms with van der Waals surface area (Å²) in [6.45, 7) is 2.65. The van der Waals surface area contributed by atoms with Crippen LogP contribution in [0.15, 0.2) is 0 Å².